The lowest BCUT2D eigenvalue weighted by atomic mass is 9.93. The third kappa shape index (κ3) is 4.18. The van der Waals surface area contributed by atoms with Crippen LogP contribution in [0.2, 0.25) is 0 Å². The van der Waals surface area contributed by atoms with Crippen LogP contribution >= 0.6 is 11.3 Å². The predicted molar refractivity (Wildman–Crippen MR) is 121 cm³/mol. The SMILES string of the molecule is CC[C@H](C)N(CC(=O)N1CCc2sccc2[C@@H]1c1ccccc1)C(=O)C1CCCC1. The zero-order valence-corrected chi connectivity index (χ0v) is 18.9. The second-order valence-corrected chi connectivity index (χ2v) is 9.65. The van der Waals surface area contributed by atoms with Gasteiger partial charge in [-0.2, -0.15) is 0 Å². The number of rotatable bonds is 6. The molecule has 0 bridgehead atoms. The fraction of sp³-hybridized carbons (Fsp3) is 0.520. The van der Waals surface area contributed by atoms with E-state index in [2.05, 4.69) is 37.4 Å². The first-order valence-corrected chi connectivity index (χ1v) is 12.2. The van der Waals surface area contributed by atoms with Crippen molar-refractivity contribution in [3.63, 3.8) is 0 Å². The van der Waals surface area contributed by atoms with Crippen molar-refractivity contribution in [3.8, 4) is 0 Å². The average Bonchev–Trinajstić information content (AvgIpc) is 3.48. The van der Waals surface area contributed by atoms with Gasteiger partial charge in [0.25, 0.3) is 0 Å². The number of hydrogen-bond acceptors (Lipinski definition) is 3. The molecule has 1 saturated carbocycles. The summed E-state index contributed by atoms with van der Waals surface area (Å²) in [6.07, 6.45) is 5.94. The highest BCUT2D eigenvalue weighted by atomic mass is 32.1. The minimum atomic E-state index is -0.0611. The second kappa shape index (κ2) is 9.34. The van der Waals surface area contributed by atoms with Gasteiger partial charge in [-0.25, -0.2) is 0 Å². The maximum Gasteiger partial charge on any atom is 0.243 e. The van der Waals surface area contributed by atoms with Gasteiger partial charge in [-0.05, 0) is 55.2 Å². The molecule has 4 nitrogen and oxygen atoms in total. The molecule has 5 heteroatoms. The van der Waals surface area contributed by atoms with E-state index in [1.165, 1.54) is 10.4 Å². The van der Waals surface area contributed by atoms with Gasteiger partial charge in [-0.15, -0.1) is 11.3 Å². The summed E-state index contributed by atoms with van der Waals surface area (Å²) in [4.78, 5) is 32.1. The summed E-state index contributed by atoms with van der Waals surface area (Å²) in [6.45, 7) is 5.06. The summed E-state index contributed by atoms with van der Waals surface area (Å²) in [5, 5.41) is 2.13. The molecule has 30 heavy (non-hydrogen) atoms. The number of carbonyl (C=O) groups is 2. The predicted octanol–water partition coefficient (Wildman–Crippen LogP) is 5.04. The zero-order chi connectivity index (χ0) is 21.1. The Morgan fingerprint density at radius 3 is 2.60 bits per heavy atom. The largest absolute Gasteiger partial charge is 0.330 e. The summed E-state index contributed by atoms with van der Waals surface area (Å²) < 4.78 is 0. The maximum atomic E-state index is 13.6. The van der Waals surface area contributed by atoms with Crippen LogP contribution in [0.25, 0.3) is 0 Å². The zero-order valence-electron chi connectivity index (χ0n) is 18.0. The smallest absolute Gasteiger partial charge is 0.243 e. The van der Waals surface area contributed by atoms with Crippen LogP contribution < -0.4 is 0 Å². The topological polar surface area (TPSA) is 40.6 Å². The third-order valence-electron chi connectivity index (χ3n) is 6.82. The Hall–Kier alpha value is -2.14. The first-order valence-electron chi connectivity index (χ1n) is 11.3. The molecule has 0 radical (unpaired) electrons. The van der Waals surface area contributed by atoms with E-state index >= 15 is 0 Å². The molecule has 0 unspecified atom stereocenters. The quantitative estimate of drug-likeness (QED) is 0.652. The van der Waals surface area contributed by atoms with E-state index in [0.717, 1.165) is 44.1 Å². The van der Waals surface area contributed by atoms with Gasteiger partial charge < -0.3 is 9.80 Å². The van der Waals surface area contributed by atoms with Crippen molar-refractivity contribution in [3.05, 3.63) is 57.8 Å². The molecule has 2 heterocycles. The highest BCUT2D eigenvalue weighted by Gasteiger charge is 2.36. The van der Waals surface area contributed by atoms with Crippen molar-refractivity contribution in [2.24, 2.45) is 5.92 Å². The molecule has 1 aromatic carbocycles. The number of carbonyl (C=O) groups excluding carboxylic acids is 2. The summed E-state index contributed by atoms with van der Waals surface area (Å²) in [7, 11) is 0. The third-order valence-corrected chi connectivity index (χ3v) is 7.81. The van der Waals surface area contributed by atoms with E-state index in [4.69, 9.17) is 0 Å². The van der Waals surface area contributed by atoms with Gasteiger partial charge in [0.05, 0.1) is 6.04 Å². The van der Waals surface area contributed by atoms with Crippen LogP contribution in [0.15, 0.2) is 41.8 Å². The van der Waals surface area contributed by atoms with E-state index in [1.54, 1.807) is 11.3 Å². The number of benzene rings is 1. The molecule has 2 aromatic rings. The monoisotopic (exact) mass is 424 g/mol. The normalized spacial score (nSPS) is 20.1. The van der Waals surface area contributed by atoms with Crippen molar-refractivity contribution < 1.29 is 9.59 Å². The number of amides is 2. The Morgan fingerprint density at radius 1 is 1.17 bits per heavy atom. The van der Waals surface area contributed by atoms with Gasteiger partial charge in [-0.3, -0.25) is 9.59 Å². The number of fused-ring (bicyclic) bond motifs is 1. The van der Waals surface area contributed by atoms with Crippen molar-refractivity contribution in [1.82, 2.24) is 9.80 Å². The van der Waals surface area contributed by atoms with E-state index in [-0.39, 0.29) is 36.4 Å². The van der Waals surface area contributed by atoms with Gasteiger partial charge in [-0.1, -0.05) is 50.1 Å². The number of hydrogen-bond donors (Lipinski definition) is 0. The number of thiophene rings is 1. The van der Waals surface area contributed by atoms with Crippen LogP contribution in [-0.2, 0) is 16.0 Å². The molecule has 1 aliphatic carbocycles. The Kier molecular flexibility index (Phi) is 6.57. The van der Waals surface area contributed by atoms with Crippen LogP contribution in [-0.4, -0.2) is 40.7 Å². The molecule has 0 N–H and O–H groups in total. The molecule has 1 aliphatic heterocycles. The highest BCUT2D eigenvalue weighted by Crippen LogP contribution is 2.38. The first kappa shape index (κ1) is 21.1. The van der Waals surface area contributed by atoms with Crippen LogP contribution in [0, 0.1) is 5.92 Å². The van der Waals surface area contributed by atoms with Gasteiger partial charge in [0.2, 0.25) is 11.8 Å². The van der Waals surface area contributed by atoms with Crippen molar-refractivity contribution >= 4 is 23.2 Å². The molecule has 1 fully saturated rings. The average molecular weight is 425 g/mol. The molecule has 2 aliphatic rings. The lowest BCUT2D eigenvalue weighted by Gasteiger charge is -2.39. The Morgan fingerprint density at radius 2 is 1.90 bits per heavy atom. The van der Waals surface area contributed by atoms with Crippen LogP contribution in [0.1, 0.15) is 68.0 Å². The maximum absolute atomic E-state index is 13.6. The van der Waals surface area contributed by atoms with Crippen molar-refractivity contribution in [2.75, 3.05) is 13.1 Å². The fourth-order valence-corrected chi connectivity index (χ4v) is 5.80. The lowest BCUT2D eigenvalue weighted by Crippen LogP contribution is -2.50. The van der Waals surface area contributed by atoms with Gasteiger partial charge >= 0.3 is 0 Å². The summed E-state index contributed by atoms with van der Waals surface area (Å²) in [6, 6.07) is 12.5. The summed E-state index contributed by atoms with van der Waals surface area (Å²) in [5.74, 6) is 0.341. The number of nitrogens with zero attached hydrogens (tertiary/aromatic N) is 2. The molecule has 0 spiro atoms. The summed E-state index contributed by atoms with van der Waals surface area (Å²) >= 11 is 1.78. The van der Waals surface area contributed by atoms with Crippen LogP contribution in [0.3, 0.4) is 0 Å². The van der Waals surface area contributed by atoms with Crippen LogP contribution in [0.5, 0.6) is 0 Å². The molecule has 2 amide bonds. The molecular weight excluding hydrogens is 392 g/mol. The van der Waals surface area contributed by atoms with Gasteiger partial charge in [0.15, 0.2) is 0 Å². The minimum absolute atomic E-state index is 0.0611. The Labute approximate surface area is 183 Å². The van der Waals surface area contributed by atoms with E-state index < -0.39 is 0 Å². The van der Waals surface area contributed by atoms with E-state index in [0.29, 0.717) is 6.54 Å². The highest BCUT2D eigenvalue weighted by molar-refractivity contribution is 7.10. The van der Waals surface area contributed by atoms with Gasteiger partial charge in [0, 0.05) is 23.4 Å². The molecule has 4 rings (SSSR count). The lowest BCUT2D eigenvalue weighted by molar-refractivity contribution is -0.145. The molecule has 160 valence electrons. The molecule has 2 atom stereocenters. The fourth-order valence-electron chi connectivity index (χ4n) is 4.90. The van der Waals surface area contributed by atoms with Crippen LogP contribution in [0.4, 0.5) is 0 Å². The Bertz CT molecular complexity index is 872. The minimum Gasteiger partial charge on any atom is -0.330 e. The van der Waals surface area contributed by atoms with Crippen molar-refractivity contribution in [1.29, 1.82) is 0 Å². The van der Waals surface area contributed by atoms with Gasteiger partial charge in [0.1, 0.15) is 6.54 Å². The summed E-state index contributed by atoms with van der Waals surface area (Å²) in [5.41, 5.74) is 2.38. The van der Waals surface area contributed by atoms with Crippen molar-refractivity contribution in [2.45, 2.75) is 64.5 Å². The first-order chi connectivity index (χ1) is 14.6. The molecule has 0 saturated heterocycles. The second-order valence-electron chi connectivity index (χ2n) is 8.65. The molecule has 1 aromatic heterocycles. The van der Waals surface area contributed by atoms with E-state index in [9.17, 15) is 9.59 Å². The van der Waals surface area contributed by atoms with E-state index in [1.807, 2.05) is 28.0 Å². The standard InChI is InChI=1S/C25H32N2O2S/c1-3-18(2)27(25(29)20-11-7-8-12-20)17-23(28)26-15-13-22-21(14-16-30-22)24(26)19-9-5-4-6-10-19/h4-6,9-10,14,16,18,20,24H,3,7-8,11-13,15,17H2,1-2H3/t18-,24-/m0/s1. The Balaban J connectivity index is 1.59. The molecular formula is C25H32N2O2S.